The van der Waals surface area contributed by atoms with Gasteiger partial charge in [-0.25, -0.2) is 9.97 Å². The minimum atomic E-state index is 0.723. The summed E-state index contributed by atoms with van der Waals surface area (Å²) >= 11 is 1.66. The number of aromatic nitrogens is 2. The Kier molecular flexibility index (Phi) is 3.53. The van der Waals surface area contributed by atoms with Crippen molar-refractivity contribution in [3.63, 3.8) is 0 Å². The first kappa shape index (κ1) is 10.4. The molecule has 0 fully saturated rings. The van der Waals surface area contributed by atoms with Crippen molar-refractivity contribution in [1.29, 1.82) is 0 Å². The molecule has 0 saturated carbocycles. The van der Waals surface area contributed by atoms with E-state index in [1.165, 1.54) is 0 Å². The summed E-state index contributed by atoms with van der Waals surface area (Å²) in [5.74, 6) is 0.981. The first-order valence-electron chi connectivity index (χ1n) is 4.95. The summed E-state index contributed by atoms with van der Waals surface area (Å²) in [6.07, 6.45) is 2.87. The summed E-state index contributed by atoms with van der Waals surface area (Å²) in [5.41, 5.74) is 6.43. The van der Waals surface area contributed by atoms with Gasteiger partial charge >= 0.3 is 0 Å². The number of para-hydroxylation sites is 1. The van der Waals surface area contributed by atoms with Crippen molar-refractivity contribution in [2.45, 2.75) is 11.6 Å². The second kappa shape index (κ2) is 5.09. The monoisotopic (exact) mass is 219 g/mol. The fourth-order valence-electron chi connectivity index (χ4n) is 1.27. The molecule has 1 aromatic carbocycles. The highest BCUT2D eigenvalue weighted by molar-refractivity contribution is 7.99. The molecule has 0 saturated heterocycles. The number of thioether (sulfide) groups is 1. The van der Waals surface area contributed by atoms with Crippen LogP contribution in [0.25, 0.3) is 10.9 Å². The van der Waals surface area contributed by atoms with Crippen molar-refractivity contribution in [2.75, 3.05) is 12.3 Å². The van der Waals surface area contributed by atoms with Crippen LogP contribution in [0.5, 0.6) is 0 Å². The van der Waals surface area contributed by atoms with Crippen molar-refractivity contribution < 1.29 is 0 Å². The summed E-state index contributed by atoms with van der Waals surface area (Å²) in [4.78, 5) is 8.75. The Morgan fingerprint density at radius 2 is 2.13 bits per heavy atom. The molecule has 0 atom stereocenters. The van der Waals surface area contributed by atoms with E-state index in [9.17, 15) is 0 Å². The molecular formula is C11H13N3S. The second-order valence-electron chi connectivity index (χ2n) is 3.20. The van der Waals surface area contributed by atoms with E-state index in [1.54, 1.807) is 11.8 Å². The molecule has 2 N–H and O–H groups in total. The highest BCUT2D eigenvalue weighted by Gasteiger charge is 1.99. The van der Waals surface area contributed by atoms with Crippen molar-refractivity contribution in [3.05, 3.63) is 30.5 Å². The first-order valence-corrected chi connectivity index (χ1v) is 5.93. The summed E-state index contributed by atoms with van der Waals surface area (Å²) in [6, 6.07) is 8.00. The number of benzene rings is 1. The van der Waals surface area contributed by atoms with Crippen LogP contribution in [0.15, 0.2) is 35.6 Å². The summed E-state index contributed by atoms with van der Waals surface area (Å²) in [6.45, 7) is 0.723. The number of nitrogens with two attached hydrogens (primary N) is 1. The zero-order valence-corrected chi connectivity index (χ0v) is 9.20. The zero-order chi connectivity index (χ0) is 10.5. The number of fused-ring (bicyclic) bond motifs is 1. The van der Waals surface area contributed by atoms with Gasteiger partial charge in [-0.1, -0.05) is 30.0 Å². The molecule has 0 bridgehead atoms. The van der Waals surface area contributed by atoms with E-state index >= 15 is 0 Å². The van der Waals surface area contributed by atoms with Crippen LogP contribution in [0.1, 0.15) is 6.42 Å². The van der Waals surface area contributed by atoms with Gasteiger partial charge in [0, 0.05) is 17.3 Å². The number of rotatable bonds is 4. The molecule has 0 aliphatic heterocycles. The van der Waals surface area contributed by atoms with E-state index in [4.69, 9.17) is 5.73 Å². The maximum Gasteiger partial charge on any atom is 0.188 e. The Labute approximate surface area is 93.1 Å². The SMILES string of the molecule is NCCCSc1ncc2ccccc2n1. The molecule has 2 rings (SSSR count). The maximum atomic E-state index is 5.43. The van der Waals surface area contributed by atoms with Crippen LogP contribution in [-0.4, -0.2) is 22.3 Å². The van der Waals surface area contributed by atoms with Crippen LogP contribution in [-0.2, 0) is 0 Å². The molecule has 3 nitrogen and oxygen atoms in total. The molecule has 0 unspecified atom stereocenters. The largest absolute Gasteiger partial charge is 0.330 e. The van der Waals surface area contributed by atoms with Gasteiger partial charge in [0.25, 0.3) is 0 Å². The van der Waals surface area contributed by atoms with Gasteiger partial charge in [0.2, 0.25) is 0 Å². The van der Waals surface area contributed by atoms with E-state index < -0.39 is 0 Å². The smallest absolute Gasteiger partial charge is 0.188 e. The molecule has 2 aromatic rings. The molecule has 4 heteroatoms. The van der Waals surface area contributed by atoms with Gasteiger partial charge in [0.1, 0.15) is 0 Å². The maximum absolute atomic E-state index is 5.43. The average Bonchev–Trinajstić information content (AvgIpc) is 2.29. The fraction of sp³-hybridized carbons (Fsp3) is 0.273. The molecule has 1 heterocycles. The van der Waals surface area contributed by atoms with Crippen LogP contribution < -0.4 is 5.73 Å². The van der Waals surface area contributed by atoms with Crippen molar-refractivity contribution in [2.24, 2.45) is 5.73 Å². The summed E-state index contributed by atoms with van der Waals surface area (Å²) < 4.78 is 0. The zero-order valence-electron chi connectivity index (χ0n) is 8.39. The van der Waals surface area contributed by atoms with Gasteiger partial charge < -0.3 is 5.73 Å². The van der Waals surface area contributed by atoms with Crippen LogP contribution in [0, 0.1) is 0 Å². The highest BCUT2D eigenvalue weighted by Crippen LogP contribution is 2.17. The third-order valence-electron chi connectivity index (χ3n) is 2.05. The molecule has 0 radical (unpaired) electrons. The molecule has 1 aromatic heterocycles. The van der Waals surface area contributed by atoms with Crippen LogP contribution >= 0.6 is 11.8 Å². The lowest BCUT2D eigenvalue weighted by Crippen LogP contribution is -1.99. The third kappa shape index (κ3) is 2.67. The van der Waals surface area contributed by atoms with E-state index in [0.29, 0.717) is 0 Å². The second-order valence-corrected chi connectivity index (χ2v) is 4.26. The molecule has 78 valence electrons. The van der Waals surface area contributed by atoms with Gasteiger partial charge in [-0.3, -0.25) is 0 Å². The van der Waals surface area contributed by atoms with Crippen LogP contribution in [0.3, 0.4) is 0 Å². The topological polar surface area (TPSA) is 51.8 Å². The number of hydrogen-bond acceptors (Lipinski definition) is 4. The van der Waals surface area contributed by atoms with E-state index in [1.807, 2.05) is 30.5 Å². The number of hydrogen-bond donors (Lipinski definition) is 1. The molecule has 15 heavy (non-hydrogen) atoms. The summed E-state index contributed by atoms with van der Waals surface area (Å²) in [7, 11) is 0. The normalized spacial score (nSPS) is 10.7. The lowest BCUT2D eigenvalue weighted by atomic mass is 10.2. The lowest BCUT2D eigenvalue weighted by Gasteiger charge is -2.00. The van der Waals surface area contributed by atoms with Crippen LogP contribution in [0.2, 0.25) is 0 Å². The predicted molar refractivity (Wildman–Crippen MR) is 63.9 cm³/mol. The Morgan fingerprint density at radius 3 is 3.00 bits per heavy atom. The van der Waals surface area contributed by atoms with Crippen LogP contribution in [0.4, 0.5) is 0 Å². The van der Waals surface area contributed by atoms with Gasteiger partial charge in [0.05, 0.1) is 5.52 Å². The van der Waals surface area contributed by atoms with Gasteiger partial charge in [0.15, 0.2) is 5.16 Å². The minimum absolute atomic E-state index is 0.723. The molecule has 0 aliphatic carbocycles. The molecule has 0 spiro atoms. The van der Waals surface area contributed by atoms with Gasteiger partial charge in [-0.05, 0) is 19.0 Å². The minimum Gasteiger partial charge on any atom is -0.330 e. The first-order chi connectivity index (χ1) is 7.40. The van der Waals surface area contributed by atoms with E-state index in [0.717, 1.165) is 34.8 Å². The third-order valence-corrected chi connectivity index (χ3v) is 2.99. The predicted octanol–water partition coefficient (Wildman–Crippen LogP) is 2.07. The van der Waals surface area contributed by atoms with Crippen molar-refractivity contribution in [3.8, 4) is 0 Å². The summed E-state index contributed by atoms with van der Waals surface area (Å²) in [5, 5.41) is 1.92. The number of nitrogens with zero attached hydrogens (tertiary/aromatic N) is 2. The van der Waals surface area contributed by atoms with Crippen molar-refractivity contribution in [1.82, 2.24) is 9.97 Å². The van der Waals surface area contributed by atoms with E-state index in [-0.39, 0.29) is 0 Å². The fourth-order valence-corrected chi connectivity index (χ4v) is 2.06. The Bertz CT molecular complexity index is 445. The van der Waals surface area contributed by atoms with Gasteiger partial charge in [-0.2, -0.15) is 0 Å². The van der Waals surface area contributed by atoms with Gasteiger partial charge in [-0.15, -0.1) is 0 Å². The Morgan fingerprint density at radius 1 is 1.27 bits per heavy atom. The molecule has 0 amide bonds. The lowest BCUT2D eigenvalue weighted by molar-refractivity contribution is 0.932. The Balaban J connectivity index is 2.16. The molecular weight excluding hydrogens is 206 g/mol. The quantitative estimate of drug-likeness (QED) is 0.486. The standard InChI is InChI=1S/C11H13N3S/c12-6-3-7-15-11-13-8-9-4-1-2-5-10(9)14-11/h1-2,4-5,8H,3,6-7,12H2. The van der Waals surface area contributed by atoms with E-state index in [2.05, 4.69) is 9.97 Å². The average molecular weight is 219 g/mol. The Hall–Kier alpha value is -1.13. The van der Waals surface area contributed by atoms with Crippen molar-refractivity contribution >= 4 is 22.7 Å². The highest BCUT2D eigenvalue weighted by atomic mass is 32.2. The molecule has 0 aliphatic rings.